The predicted octanol–water partition coefficient (Wildman–Crippen LogP) is 2.81. The first-order valence-corrected chi connectivity index (χ1v) is 8.22. The standard InChI is InChI=1S/C20H21NO4/c1-13-7-6-8-14(2)18(13)25-12-17(22)21-20(19(23)24)11-16(20)15-9-4-3-5-10-15/h3-10,16H,11-12H2,1-2H3,(H,21,22)(H,23,24). The monoisotopic (exact) mass is 339 g/mol. The van der Waals surface area contributed by atoms with Crippen molar-refractivity contribution in [1.82, 2.24) is 5.32 Å². The highest BCUT2D eigenvalue weighted by Gasteiger charge is 2.62. The molecular formula is C20H21NO4. The second kappa shape index (κ2) is 6.59. The Kier molecular flexibility index (Phi) is 4.49. The Bertz CT molecular complexity index is 782. The fraction of sp³-hybridized carbons (Fsp3) is 0.300. The van der Waals surface area contributed by atoms with Gasteiger partial charge in [-0.15, -0.1) is 0 Å². The number of aryl methyl sites for hydroxylation is 2. The largest absolute Gasteiger partial charge is 0.483 e. The second-order valence-corrected chi connectivity index (χ2v) is 6.50. The molecule has 0 radical (unpaired) electrons. The number of carboxylic acids is 1. The van der Waals surface area contributed by atoms with E-state index in [0.29, 0.717) is 12.2 Å². The number of para-hydroxylation sites is 1. The van der Waals surface area contributed by atoms with Crippen LogP contribution in [0, 0.1) is 13.8 Å². The molecule has 1 amide bonds. The van der Waals surface area contributed by atoms with E-state index in [-0.39, 0.29) is 12.5 Å². The Labute approximate surface area is 146 Å². The van der Waals surface area contributed by atoms with Crippen LogP contribution in [-0.4, -0.2) is 29.1 Å². The van der Waals surface area contributed by atoms with Gasteiger partial charge in [0.1, 0.15) is 11.3 Å². The lowest BCUT2D eigenvalue weighted by Gasteiger charge is -2.16. The molecule has 5 heteroatoms. The van der Waals surface area contributed by atoms with E-state index in [2.05, 4.69) is 5.32 Å². The zero-order valence-corrected chi connectivity index (χ0v) is 14.3. The summed E-state index contributed by atoms with van der Waals surface area (Å²) in [6, 6.07) is 15.1. The van der Waals surface area contributed by atoms with Crippen LogP contribution >= 0.6 is 0 Å². The molecule has 0 bridgehead atoms. The summed E-state index contributed by atoms with van der Waals surface area (Å²) in [4.78, 5) is 24.0. The average molecular weight is 339 g/mol. The number of carbonyl (C=O) groups excluding carboxylic acids is 1. The van der Waals surface area contributed by atoms with Gasteiger partial charge in [0.15, 0.2) is 6.61 Å². The van der Waals surface area contributed by atoms with Gasteiger partial charge < -0.3 is 15.2 Å². The molecule has 0 spiro atoms. The van der Waals surface area contributed by atoms with Crippen molar-refractivity contribution in [2.45, 2.75) is 31.7 Å². The number of carboxylic acid groups (broad SMARTS) is 1. The van der Waals surface area contributed by atoms with Gasteiger partial charge in [-0.25, -0.2) is 4.79 Å². The molecule has 5 nitrogen and oxygen atoms in total. The molecule has 2 N–H and O–H groups in total. The van der Waals surface area contributed by atoms with E-state index in [1.165, 1.54) is 0 Å². The van der Waals surface area contributed by atoms with Crippen molar-refractivity contribution < 1.29 is 19.4 Å². The van der Waals surface area contributed by atoms with Gasteiger partial charge in [0.25, 0.3) is 5.91 Å². The summed E-state index contributed by atoms with van der Waals surface area (Å²) in [6.45, 7) is 3.61. The van der Waals surface area contributed by atoms with E-state index >= 15 is 0 Å². The van der Waals surface area contributed by atoms with E-state index in [9.17, 15) is 14.7 Å². The van der Waals surface area contributed by atoms with Gasteiger partial charge in [-0.3, -0.25) is 4.79 Å². The molecule has 0 aliphatic heterocycles. The van der Waals surface area contributed by atoms with Crippen LogP contribution in [0.25, 0.3) is 0 Å². The Morgan fingerprint density at radius 2 is 1.76 bits per heavy atom. The van der Waals surface area contributed by atoms with Crippen LogP contribution in [0.4, 0.5) is 0 Å². The Morgan fingerprint density at radius 1 is 1.12 bits per heavy atom. The van der Waals surface area contributed by atoms with Crippen molar-refractivity contribution in [3.8, 4) is 5.75 Å². The minimum atomic E-state index is -1.23. The maximum Gasteiger partial charge on any atom is 0.330 e. The van der Waals surface area contributed by atoms with Crippen molar-refractivity contribution >= 4 is 11.9 Å². The van der Waals surface area contributed by atoms with Crippen LogP contribution in [-0.2, 0) is 9.59 Å². The van der Waals surface area contributed by atoms with Crippen LogP contribution in [0.5, 0.6) is 5.75 Å². The highest BCUT2D eigenvalue weighted by molar-refractivity contribution is 5.92. The third-order valence-electron chi connectivity index (χ3n) is 4.66. The van der Waals surface area contributed by atoms with E-state index in [1.807, 2.05) is 62.4 Å². The summed E-state index contributed by atoms with van der Waals surface area (Å²) < 4.78 is 5.62. The lowest BCUT2D eigenvalue weighted by Crippen LogP contribution is -2.46. The van der Waals surface area contributed by atoms with Gasteiger partial charge in [-0.05, 0) is 37.0 Å². The van der Waals surface area contributed by atoms with Gasteiger partial charge in [-0.2, -0.15) is 0 Å². The highest BCUT2D eigenvalue weighted by Crippen LogP contribution is 2.51. The van der Waals surface area contributed by atoms with Crippen LogP contribution in [0.15, 0.2) is 48.5 Å². The third-order valence-corrected chi connectivity index (χ3v) is 4.66. The molecule has 3 rings (SSSR count). The van der Waals surface area contributed by atoms with Crippen LogP contribution < -0.4 is 10.1 Å². The number of nitrogens with one attached hydrogen (secondary N) is 1. The number of hydrogen-bond donors (Lipinski definition) is 2. The molecule has 0 heterocycles. The van der Waals surface area contributed by atoms with Gasteiger partial charge in [0.05, 0.1) is 0 Å². The van der Waals surface area contributed by atoms with E-state index in [4.69, 9.17) is 4.74 Å². The van der Waals surface area contributed by atoms with Crippen molar-refractivity contribution in [2.24, 2.45) is 0 Å². The van der Waals surface area contributed by atoms with Crippen LogP contribution in [0.1, 0.15) is 29.0 Å². The maximum atomic E-state index is 12.3. The fourth-order valence-electron chi connectivity index (χ4n) is 3.23. The molecule has 2 atom stereocenters. The van der Waals surface area contributed by atoms with Crippen molar-refractivity contribution in [3.05, 3.63) is 65.2 Å². The SMILES string of the molecule is Cc1cccc(C)c1OCC(=O)NC1(C(=O)O)CC1c1ccccc1. The van der Waals surface area contributed by atoms with Crippen molar-refractivity contribution in [1.29, 1.82) is 0 Å². The quantitative estimate of drug-likeness (QED) is 0.848. The molecule has 130 valence electrons. The summed E-state index contributed by atoms with van der Waals surface area (Å²) in [5.41, 5.74) is 1.56. The first-order chi connectivity index (χ1) is 11.9. The van der Waals surface area contributed by atoms with E-state index in [1.54, 1.807) is 0 Å². The van der Waals surface area contributed by atoms with Gasteiger partial charge in [0, 0.05) is 5.92 Å². The van der Waals surface area contributed by atoms with Crippen LogP contribution in [0.2, 0.25) is 0 Å². The number of carbonyl (C=O) groups is 2. The molecule has 1 fully saturated rings. The van der Waals surface area contributed by atoms with Crippen LogP contribution in [0.3, 0.4) is 0 Å². The smallest absolute Gasteiger partial charge is 0.330 e. The van der Waals surface area contributed by atoms with E-state index < -0.39 is 17.4 Å². The van der Waals surface area contributed by atoms with E-state index in [0.717, 1.165) is 16.7 Å². The zero-order chi connectivity index (χ0) is 18.0. The number of benzene rings is 2. The fourth-order valence-corrected chi connectivity index (χ4v) is 3.23. The first kappa shape index (κ1) is 17.0. The van der Waals surface area contributed by atoms with Gasteiger partial charge in [0.2, 0.25) is 0 Å². The molecule has 2 unspecified atom stereocenters. The molecule has 0 saturated heterocycles. The molecule has 25 heavy (non-hydrogen) atoms. The normalized spacial score (nSPS) is 21.4. The number of ether oxygens (including phenoxy) is 1. The first-order valence-electron chi connectivity index (χ1n) is 8.22. The van der Waals surface area contributed by atoms with Gasteiger partial charge in [-0.1, -0.05) is 48.5 Å². The second-order valence-electron chi connectivity index (χ2n) is 6.50. The van der Waals surface area contributed by atoms with Crippen molar-refractivity contribution in [3.63, 3.8) is 0 Å². The molecule has 1 aliphatic carbocycles. The van der Waals surface area contributed by atoms with Gasteiger partial charge >= 0.3 is 5.97 Å². The highest BCUT2D eigenvalue weighted by atomic mass is 16.5. The zero-order valence-electron chi connectivity index (χ0n) is 14.3. The lowest BCUT2D eigenvalue weighted by molar-refractivity contribution is -0.143. The summed E-state index contributed by atoms with van der Waals surface area (Å²) in [5, 5.41) is 12.3. The average Bonchev–Trinajstić information content (AvgIpc) is 3.31. The number of rotatable bonds is 6. The minimum absolute atomic E-state index is 0.206. The Hall–Kier alpha value is -2.82. The van der Waals surface area contributed by atoms with Crippen molar-refractivity contribution in [2.75, 3.05) is 6.61 Å². The third kappa shape index (κ3) is 3.36. The number of hydrogen-bond acceptors (Lipinski definition) is 3. The summed E-state index contributed by atoms with van der Waals surface area (Å²) in [7, 11) is 0. The summed E-state index contributed by atoms with van der Waals surface area (Å²) >= 11 is 0. The number of amides is 1. The summed E-state index contributed by atoms with van der Waals surface area (Å²) in [5.74, 6) is -0.988. The molecule has 2 aromatic rings. The molecule has 2 aromatic carbocycles. The predicted molar refractivity (Wildman–Crippen MR) is 93.7 cm³/mol. The summed E-state index contributed by atoms with van der Waals surface area (Å²) in [6.07, 6.45) is 0.390. The Balaban J connectivity index is 1.66. The lowest BCUT2D eigenvalue weighted by atomic mass is 10.1. The molecular weight excluding hydrogens is 318 g/mol. The molecule has 0 aromatic heterocycles. The maximum absolute atomic E-state index is 12.3. The topological polar surface area (TPSA) is 75.6 Å². The molecule has 1 aliphatic rings. The molecule has 1 saturated carbocycles. The Morgan fingerprint density at radius 3 is 2.36 bits per heavy atom. The minimum Gasteiger partial charge on any atom is -0.483 e. The number of aliphatic carboxylic acids is 1.